The lowest BCUT2D eigenvalue weighted by Gasteiger charge is -2.21. The van der Waals surface area contributed by atoms with Crippen LogP contribution in [0.25, 0.3) is 0 Å². The molecule has 0 aromatic heterocycles. The summed E-state index contributed by atoms with van der Waals surface area (Å²) in [5.74, 6) is 0. The van der Waals surface area contributed by atoms with Crippen LogP contribution in [0.5, 0.6) is 0 Å². The van der Waals surface area contributed by atoms with Crippen LogP contribution in [0.15, 0.2) is 59.6 Å². The highest BCUT2D eigenvalue weighted by atomic mass is 35.5. The highest BCUT2D eigenvalue weighted by Gasteiger charge is 2.25. The molecule has 2 aliphatic rings. The Balaban J connectivity index is 0.00000156. The Morgan fingerprint density at radius 2 is 1.83 bits per heavy atom. The molecule has 1 atom stereocenters. The van der Waals surface area contributed by atoms with Crippen molar-refractivity contribution >= 4 is 40.7 Å². The third-order valence-electron chi connectivity index (χ3n) is 4.20. The second kappa shape index (κ2) is 7.28. The molecule has 0 radical (unpaired) electrons. The molecule has 0 amide bonds. The van der Waals surface area contributed by atoms with Gasteiger partial charge in [0.15, 0.2) is 5.17 Å². The third kappa shape index (κ3) is 3.65. The minimum atomic E-state index is 0. The van der Waals surface area contributed by atoms with Gasteiger partial charge in [0, 0.05) is 29.7 Å². The van der Waals surface area contributed by atoms with Gasteiger partial charge >= 0.3 is 0 Å². The number of halogens is 1. The van der Waals surface area contributed by atoms with E-state index in [0.717, 1.165) is 24.8 Å². The second-order valence-corrected chi connectivity index (χ2v) is 7.00. The van der Waals surface area contributed by atoms with E-state index < -0.39 is 0 Å². The van der Waals surface area contributed by atoms with Gasteiger partial charge in [-0.1, -0.05) is 48.2 Å². The number of benzene rings is 2. The van der Waals surface area contributed by atoms with Gasteiger partial charge in [0.2, 0.25) is 0 Å². The van der Waals surface area contributed by atoms with Crippen LogP contribution in [0.2, 0.25) is 0 Å². The molecule has 0 spiro atoms. The molecule has 2 aliphatic heterocycles. The predicted octanol–water partition coefficient (Wildman–Crippen LogP) is 4.40. The largest absolute Gasteiger partial charge is 0.370 e. The fraction of sp³-hybridized carbons (Fsp3) is 0.278. The van der Waals surface area contributed by atoms with Crippen molar-refractivity contribution < 1.29 is 0 Å². The summed E-state index contributed by atoms with van der Waals surface area (Å²) in [6.07, 6.45) is 1.21. The number of rotatable bonds is 2. The minimum absolute atomic E-state index is 0. The maximum Gasteiger partial charge on any atom is 0.161 e. The van der Waals surface area contributed by atoms with Crippen molar-refractivity contribution in [2.75, 3.05) is 23.3 Å². The molecule has 1 unspecified atom stereocenters. The third-order valence-corrected chi connectivity index (χ3v) is 5.37. The van der Waals surface area contributed by atoms with Crippen molar-refractivity contribution in [1.29, 1.82) is 0 Å². The topological polar surface area (TPSA) is 27.6 Å². The molecule has 2 heterocycles. The Labute approximate surface area is 147 Å². The van der Waals surface area contributed by atoms with Crippen LogP contribution in [0.3, 0.4) is 0 Å². The lowest BCUT2D eigenvalue weighted by Crippen LogP contribution is -2.22. The predicted molar refractivity (Wildman–Crippen MR) is 103 cm³/mol. The first-order valence-corrected chi connectivity index (χ1v) is 8.62. The van der Waals surface area contributed by atoms with Gasteiger partial charge in [0.25, 0.3) is 0 Å². The van der Waals surface area contributed by atoms with Crippen LogP contribution in [-0.2, 0) is 6.54 Å². The van der Waals surface area contributed by atoms with Crippen LogP contribution in [-0.4, -0.2) is 23.5 Å². The summed E-state index contributed by atoms with van der Waals surface area (Å²) < 4.78 is 0. The maximum atomic E-state index is 4.68. The van der Waals surface area contributed by atoms with Crippen molar-refractivity contribution in [3.8, 4) is 0 Å². The SMILES string of the molecule is Cl.c1ccc(N2CCC(SC3=NCc4ccccc4N3)C2)cc1. The minimum Gasteiger partial charge on any atom is -0.370 e. The van der Waals surface area contributed by atoms with Crippen LogP contribution in [0, 0.1) is 0 Å². The summed E-state index contributed by atoms with van der Waals surface area (Å²) >= 11 is 1.89. The number of aliphatic imine (C=N–C) groups is 1. The molecule has 0 bridgehead atoms. The monoisotopic (exact) mass is 345 g/mol. The lowest BCUT2D eigenvalue weighted by atomic mass is 10.1. The van der Waals surface area contributed by atoms with Crippen molar-refractivity contribution in [3.63, 3.8) is 0 Å². The number of hydrogen-bond donors (Lipinski definition) is 1. The average molecular weight is 346 g/mol. The average Bonchev–Trinajstić information content (AvgIpc) is 3.04. The van der Waals surface area contributed by atoms with E-state index in [1.165, 1.54) is 23.4 Å². The van der Waals surface area contributed by atoms with Crippen LogP contribution in [0.1, 0.15) is 12.0 Å². The summed E-state index contributed by atoms with van der Waals surface area (Å²) in [4.78, 5) is 7.15. The molecule has 1 saturated heterocycles. The van der Waals surface area contributed by atoms with Gasteiger partial charge in [-0.25, -0.2) is 0 Å². The molecule has 0 aliphatic carbocycles. The molecular weight excluding hydrogens is 326 g/mol. The Morgan fingerprint density at radius 1 is 1.04 bits per heavy atom. The number of para-hydroxylation sites is 2. The first-order valence-electron chi connectivity index (χ1n) is 7.74. The molecule has 1 fully saturated rings. The van der Waals surface area contributed by atoms with Crippen LogP contribution >= 0.6 is 24.2 Å². The Morgan fingerprint density at radius 3 is 2.70 bits per heavy atom. The van der Waals surface area contributed by atoms with E-state index in [4.69, 9.17) is 0 Å². The molecule has 5 heteroatoms. The van der Waals surface area contributed by atoms with Gasteiger partial charge in [0.1, 0.15) is 0 Å². The highest BCUT2D eigenvalue weighted by Crippen LogP contribution is 2.30. The van der Waals surface area contributed by atoms with Gasteiger partial charge in [-0.15, -0.1) is 12.4 Å². The van der Waals surface area contributed by atoms with Gasteiger partial charge in [-0.3, -0.25) is 4.99 Å². The van der Waals surface area contributed by atoms with Crippen LogP contribution in [0.4, 0.5) is 11.4 Å². The first kappa shape index (κ1) is 16.2. The number of thioether (sulfide) groups is 1. The summed E-state index contributed by atoms with van der Waals surface area (Å²) in [6, 6.07) is 19.1. The highest BCUT2D eigenvalue weighted by molar-refractivity contribution is 8.14. The Kier molecular flexibility index (Phi) is 5.13. The molecule has 0 saturated carbocycles. The summed E-state index contributed by atoms with van der Waals surface area (Å²) in [6.45, 7) is 3.02. The van der Waals surface area contributed by atoms with Crippen LogP contribution < -0.4 is 10.2 Å². The zero-order valence-electron chi connectivity index (χ0n) is 12.8. The molecule has 3 nitrogen and oxygen atoms in total. The van der Waals surface area contributed by atoms with Crippen molar-refractivity contribution in [2.45, 2.75) is 18.2 Å². The molecule has 23 heavy (non-hydrogen) atoms. The van der Waals surface area contributed by atoms with E-state index in [1.54, 1.807) is 0 Å². The van der Waals surface area contributed by atoms with Gasteiger partial charge in [0.05, 0.1) is 6.54 Å². The Bertz CT molecular complexity index is 690. The molecule has 1 N–H and O–H groups in total. The summed E-state index contributed by atoms with van der Waals surface area (Å²) in [7, 11) is 0. The zero-order valence-corrected chi connectivity index (χ0v) is 14.4. The quantitative estimate of drug-likeness (QED) is 0.874. The fourth-order valence-electron chi connectivity index (χ4n) is 3.01. The Hall–Kier alpha value is -1.65. The summed E-state index contributed by atoms with van der Waals surface area (Å²) in [5.41, 5.74) is 3.82. The summed E-state index contributed by atoms with van der Waals surface area (Å²) in [5, 5.41) is 5.15. The number of hydrogen-bond acceptors (Lipinski definition) is 4. The maximum absolute atomic E-state index is 4.68. The molecule has 4 rings (SSSR count). The van der Waals surface area contributed by atoms with E-state index in [9.17, 15) is 0 Å². The normalized spacial score (nSPS) is 19.4. The zero-order chi connectivity index (χ0) is 14.8. The number of fused-ring (bicyclic) bond motifs is 1. The molecular formula is C18H20ClN3S. The van der Waals surface area contributed by atoms with Crippen molar-refractivity contribution in [1.82, 2.24) is 0 Å². The fourth-order valence-corrected chi connectivity index (χ4v) is 4.12. The van der Waals surface area contributed by atoms with E-state index in [-0.39, 0.29) is 12.4 Å². The van der Waals surface area contributed by atoms with E-state index in [0.29, 0.717) is 5.25 Å². The second-order valence-electron chi connectivity index (χ2n) is 5.71. The molecule has 120 valence electrons. The number of nitrogens with zero attached hydrogens (tertiary/aromatic N) is 2. The lowest BCUT2D eigenvalue weighted by molar-refractivity contribution is 0.966. The number of nitrogens with one attached hydrogen (secondary N) is 1. The van der Waals surface area contributed by atoms with E-state index >= 15 is 0 Å². The van der Waals surface area contributed by atoms with Gasteiger partial charge in [-0.2, -0.15) is 0 Å². The number of anilines is 2. The first-order chi connectivity index (χ1) is 10.9. The van der Waals surface area contributed by atoms with Crippen molar-refractivity contribution in [2.24, 2.45) is 4.99 Å². The van der Waals surface area contributed by atoms with Crippen molar-refractivity contribution in [3.05, 3.63) is 60.2 Å². The number of amidine groups is 1. The van der Waals surface area contributed by atoms with Gasteiger partial charge in [-0.05, 0) is 30.2 Å². The van der Waals surface area contributed by atoms with E-state index in [2.05, 4.69) is 69.8 Å². The molecule has 2 aromatic rings. The van der Waals surface area contributed by atoms with E-state index in [1.807, 2.05) is 11.8 Å². The van der Waals surface area contributed by atoms with Gasteiger partial charge < -0.3 is 10.2 Å². The molecule has 2 aromatic carbocycles. The smallest absolute Gasteiger partial charge is 0.161 e. The standard InChI is InChI=1S/C18H19N3S.ClH/c1-2-7-15(8-3-1)21-11-10-16(13-21)22-18-19-12-14-6-4-5-9-17(14)20-18;/h1-9,16H,10-13H2,(H,19,20);1H.